The monoisotopic (exact) mass is 2040 g/mol. The maximum atomic E-state index is 15.6. The fourth-order valence-electron chi connectivity index (χ4n) is 12.0. The first-order valence-electron chi connectivity index (χ1n) is 40.2. The van der Waals surface area contributed by atoms with E-state index in [4.69, 9.17) is 82.0 Å². The molecule has 5 aliphatic rings. The number of nitrogens with one attached hydrogen (secondary N) is 3. The van der Waals surface area contributed by atoms with E-state index in [-0.39, 0.29) is 47.6 Å². The van der Waals surface area contributed by atoms with Gasteiger partial charge in [-0.2, -0.15) is 0 Å². The minimum absolute atomic E-state index is 0.0897. The molecule has 54 heteroatoms. The number of aliphatic hydroxyl groups is 8. The number of alkyl halides is 9. The molecule has 20 atom stereocenters. The summed E-state index contributed by atoms with van der Waals surface area (Å²) in [5, 5.41) is 73.4. The third kappa shape index (κ3) is 32.4. The molecule has 5 unspecified atom stereocenters. The molecule has 5 aromatic heterocycles. The van der Waals surface area contributed by atoms with Crippen molar-refractivity contribution in [3.8, 4) is 0 Å². The molecule has 0 aliphatic carbocycles. The normalized spacial score (nSPS) is 25.4. The Morgan fingerprint density at radius 3 is 0.879 bits per heavy atom. The van der Waals surface area contributed by atoms with Crippen LogP contribution in [0.2, 0.25) is 0 Å². The molecule has 0 bridgehead atoms. The number of nitrogens with zero attached hydrogens (tertiary/aromatic N) is 7. The van der Waals surface area contributed by atoms with Crippen LogP contribution in [0.5, 0.6) is 0 Å². The number of H-pyrrole nitrogens is 3. The van der Waals surface area contributed by atoms with Crippen molar-refractivity contribution in [1.82, 2.24) is 46.9 Å². The predicted octanol–water partition coefficient (Wildman–Crippen LogP) is 1.64. The van der Waals surface area contributed by atoms with Crippen molar-refractivity contribution in [3.05, 3.63) is 163 Å². The van der Waals surface area contributed by atoms with Gasteiger partial charge in [-0.25, -0.2) is 69.5 Å². The summed E-state index contributed by atoms with van der Waals surface area (Å²) in [6, 6.07) is 0. The molecule has 10 rings (SSSR count). The Kier molecular flexibility index (Phi) is 44.0. The fourth-order valence-corrected chi connectivity index (χ4v) is 12.0. The van der Waals surface area contributed by atoms with Gasteiger partial charge in [-0.3, -0.25) is 75.3 Å². The van der Waals surface area contributed by atoms with Crippen LogP contribution in [-0.4, -0.2) is 297 Å². The van der Waals surface area contributed by atoms with Gasteiger partial charge in [0.25, 0.3) is 27.8 Å². The predicted molar refractivity (Wildman–Crippen MR) is 451 cm³/mol. The summed E-state index contributed by atoms with van der Waals surface area (Å²) in [6.45, 7) is 21.4. The second-order valence-electron chi connectivity index (χ2n) is 33.3. The summed E-state index contributed by atoms with van der Waals surface area (Å²) in [5.41, 5.74) is -10.3. The summed E-state index contributed by atoms with van der Waals surface area (Å²) in [6.07, 6.45) is -29.8. The van der Waals surface area contributed by atoms with Gasteiger partial charge in [0, 0.05) is 69.5 Å². The third-order valence-corrected chi connectivity index (χ3v) is 18.7. The lowest BCUT2D eigenvalue weighted by Crippen LogP contribution is -2.44. The number of aromatic nitrogens is 10. The van der Waals surface area contributed by atoms with E-state index in [1.807, 2.05) is 15.0 Å². The van der Waals surface area contributed by atoms with Crippen molar-refractivity contribution in [2.75, 3.05) is 70.3 Å². The minimum atomic E-state index is -2.10. The van der Waals surface area contributed by atoms with Crippen molar-refractivity contribution in [2.24, 2.45) is 0 Å². The lowest BCUT2D eigenvalue weighted by atomic mass is 10.1. The van der Waals surface area contributed by atoms with Gasteiger partial charge in [-0.15, -0.1) is 0 Å². The zero-order valence-corrected chi connectivity index (χ0v) is 77.9. The standard InChI is InChI=1S/C22H33FN2O10.C20H29FN2O9.C12H16F2N2O5.2C10H13FN2O5.C2H4BrF.C2H5BrO/c1-12-10-25(18(28)24(8-9-26)16(12)27)17-14(23)15(33-20(30)35-22(5,6)7)13(32-17)11-31-19(29)34-21(2,3)4;1-10-8-23(16(25)22-14(10)24)15-12(21)13(30-18(27)32-20(5,6)7)11(29-15)9-28-17(26)31-19(2,3)4;1-6-4-16(12(20)15(3-2-13)10(6)19)11-8(14)9(18)7(5-17)21-11;2*1-4-2-13(10(17)12-8(4)16)9-6(11)7(15)5(3-14)18-9;2*3-1-2-4/h10,13-15,17,26H,8-9,11H2,1-7H3;8,11-13,15H,9H2,1-7H3,(H,22,24,25);4,7-9,11,17-18H,2-3,5H2,1H3;2*2,5-7,9,14-15H,3H2,1H3,(H,12,16,17);1-2H2;4H,1-2H2/t13-,14?,15+,17-;11-,12?,13+,15-;7-,8?,9+,11-;2*5-,6?,7+,9-;;/m11111../s1. The van der Waals surface area contributed by atoms with Crippen LogP contribution in [0.1, 0.15) is 142 Å². The summed E-state index contributed by atoms with van der Waals surface area (Å²) >= 11 is 5.87. The van der Waals surface area contributed by atoms with E-state index < -0.39 is 279 Å². The van der Waals surface area contributed by atoms with Crippen LogP contribution >= 0.6 is 31.9 Å². The van der Waals surface area contributed by atoms with E-state index in [0.717, 1.165) is 58.4 Å². The minimum Gasteiger partial charge on any atom is -0.431 e. The zero-order chi connectivity index (χ0) is 101. The van der Waals surface area contributed by atoms with Gasteiger partial charge in [0.05, 0.1) is 52.8 Å². The number of hydrogen-bond donors (Lipinski definition) is 11. The van der Waals surface area contributed by atoms with Gasteiger partial charge in [0.2, 0.25) is 0 Å². The molecule has 0 radical (unpaired) electrons. The zero-order valence-electron chi connectivity index (χ0n) is 74.8. The number of halogens is 9. The largest absolute Gasteiger partial charge is 0.509 e. The number of aryl methyl sites for hydroxylation is 5. The number of ether oxygens (including phenoxy) is 13. The van der Waals surface area contributed by atoms with Crippen molar-refractivity contribution < 1.29 is 152 Å². The van der Waals surface area contributed by atoms with Crippen molar-refractivity contribution in [3.63, 3.8) is 0 Å². The van der Waals surface area contributed by atoms with Crippen LogP contribution in [0.15, 0.2) is 78.9 Å². The smallest absolute Gasteiger partial charge is 0.431 e. The lowest BCUT2D eigenvalue weighted by Gasteiger charge is -2.24. The van der Waals surface area contributed by atoms with E-state index in [1.54, 1.807) is 83.1 Å². The van der Waals surface area contributed by atoms with Gasteiger partial charge in [0.15, 0.2) is 74.2 Å². The molecule has 5 aromatic rings. The molecule has 0 spiro atoms. The first kappa shape index (κ1) is 115. The lowest BCUT2D eigenvalue weighted by molar-refractivity contribution is -0.0831. The van der Waals surface area contributed by atoms with Gasteiger partial charge < -0.3 is 102 Å². The molecule has 748 valence electrons. The van der Waals surface area contributed by atoms with Crippen LogP contribution in [0, 0.1) is 34.6 Å². The Morgan fingerprint density at radius 1 is 0.379 bits per heavy atom. The first-order chi connectivity index (χ1) is 61.3. The van der Waals surface area contributed by atoms with Crippen LogP contribution in [0.3, 0.4) is 0 Å². The average molecular weight is 2040 g/mol. The quantitative estimate of drug-likeness (QED) is 0.0228. The molecular formula is C78H113Br2F7N10O35. The summed E-state index contributed by atoms with van der Waals surface area (Å²) < 4.78 is 168. The number of aliphatic hydroxyl groups excluding tert-OH is 8. The van der Waals surface area contributed by atoms with Crippen LogP contribution in [0.25, 0.3) is 0 Å². The average Bonchev–Trinajstić information content (AvgIpc) is 1.61. The van der Waals surface area contributed by atoms with E-state index in [9.17, 15) is 110 Å². The third-order valence-electron chi connectivity index (χ3n) is 18.0. The summed E-state index contributed by atoms with van der Waals surface area (Å²) in [7, 11) is 0. The molecule has 5 fully saturated rings. The van der Waals surface area contributed by atoms with Gasteiger partial charge in [-0.05, 0) is 118 Å². The van der Waals surface area contributed by atoms with Crippen molar-refractivity contribution in [1.29, 1.82) is 0 Å². The maximum Gasteiger partial charge on any atom is 0.509 e. The summed E-state index contributed by atoms with van der Waals surface area (Å²) in [5.74, 6) is 0. The number of rotatable bonds is 20. The second-order valence-corrected chi connectivity index (χ2v) is 34.9. The Morgan fingerprint density at radius 2 is 0.629 bits per heavy atom. The molecule has 0 amide bonds. The number of carbonyl (C=O) groups excluding carboxylic acids is 4. The van der Waals surface area contributed by atoms with Gasteiger partial charge >= 0.3 is 53.1 Å². The Hall–Kier alpha value is -9.57. The second kappa shape index (κ2) is 50.7. The highest BCUT2D eigenvalue weighted by Gasteiger charge is 2.54. The van der Waals surface area contributed by atoms with Crippen LogP contribution in [-0.2, 0) is 74.7 Å². The van der Waals surface area contributed by atoms with E-state index in [1.165, 1.54) is 34.6 Å². The van der Waals surface area contributed by atoms with Crippen LogP contribution in [0.4, 0.5) is 49.9 Å². The summed E-state index contributed by atoms with van der Waals surface area (Å²) in [4.78, 5) is 173. The number of aromatic amines is 3. The molecule has 0 saturated carbocycles. The molecule has 45 nitrogen and oxygen atoms in total. The highest BCUT2D eigenvalue weighted by Crippen LogP contribution is 2.38. The van der Waals surface area contributed by atoms with E-state index in [2.05, 4.69) is 31.9 Å². The van der Waals surface area contributed by atoms with Crippen molar-refractivity contribution >= 4 is 56.5 Å². The SMILES string of the molecule is Cc1cn([C@@H]2O[C@H](CO)[C@H](O)C2F)c(=O)[nH]c1=O.Cc1cn([C@@H]2O[C@H](CO)[C@H](O)C2F)c(=O)[nH]c1=O.Cc1cn([C@@H]2O[C@H](CO)[C@H](O)C2F)c(=O)n(CCF)c1=O.Cc1cn([C@@H]2O[C@H](COC(=O)OC(C)(C)C)[C@H](OC(=O)OC(C)(C)C)C2F)c(=O)[nH]c1=O.Cc1cn([C@@H]2O[C@H](COC(=O)OC(C)(C)C)[C@H](OC(=O)OC(C)(C)C)C2F)c(=O)n(CCO)c1=O.FCCBr.OCCBr. The molecule has 132 heavy (non-hydrogen) atoms. The number of hydrogen-bond acceptors (Lipinski definition) is 35. The topological polar surface area (TPSA) is 603 Å². The highest BCUT2D eigenvalue weighted by molar-refractivity contribution is 9.09. The first-order valence-corrected chi connectivity index (χ1v) is 42.4. The fraction of sp³-hybridized carbons (Fsp3) is 0.692. The molecule has 11 N–H and O–H groups in total. The Bertz CT molecular complexity index is 5170. The van der Waals surface area contributed by atoms with Gasteiger partial charge in [0.1, 0.15) is 91.1 Å². The van der Waals surface area contributed by atoms with Crippen molar-refractivity contribution in [2.45, 2.75) is 276 Å². The Balaban J connectivity index is 0.000000345. The van der Waals surface area contributed by atoms with E-state index >= 15 is 8.78 Å². The molecule has 5 aliphatic heterocycles. The molecule has 0 aromatic carbocycles. The highest BCUT2D eigenvalue weighted by atomic mass is 79.9. The molecular weight excluding hydrogens is 1930 g/mol. The van der Waals surface area contributed by atoms with E-state index in [0.29, 0.717) is 15.2 Å². The van der Waals surface area contributed by atoms with Gasteiger partial charge in [-0.1, -0.05) is 31.9 Å². The molecule has 5 saturated heterocycles. The molecule has 10 heterocycles. The van der Waals surface area contributed by atoms with Crippen LogP contribution < -0.4 is 56.2 Å². The Labute approximate surface area is 761 Å². The maximum absolute atomic E-state index is 15.6. The number of carbonyl (C=O) groups is 4.